The number of hydrogen-bond donors (Lipinski definition) is 1. The fourth-order valence-corrected chi connectivity index (χ4v) is 4.30. The number of non-ortho nitro benzene ring substituents is 1. The number of amides is 1. The van der Waals surface area contributed by atoms with E-state index in [2.05, 4.69) is 5.32 Å². The van der Waals surface area contributed by atoms with Crippen molar-refractivity contribution in [1.82, 2.24) is 0 Å². The number of carbonyl (C=O) groups excluding carboxylic acids is 1. The topological polar surface area (TPSA) is 81.5 Å². The van der Waals surface area contributed by atoms with Gasteiger partial charge in [0, 0.05) is 17.8 Å². The lowest BCUT2D eigenvalue weighted by atomic mass is 9.68. The normalized spacial score (nSPS) is 15.7. The molecule has 148 valence electrons. The summed E-state index contributed by atoms with van der Waals surface area (Å²) in [5.41, 5.74) is 2.90. The molecule has 1 amide bonds. The zero-order valence-corrected chi connectivity index (χ0v) is 16.6. The maximum absolute atomic E-state index is 13.4. The summed E-state index contributed by atoms with van der Waals surface area (Å²) in [7, 11) is 1.64. The minimum Gasteiger partial charge on any atom is -0.496 e. The molecular formula is C22H26N2O4. The maximum Gasteiger partial charge on any atom is 0.269 e. The molecule has 1 N–H and O–H groups in total. The Kier molecular flexibility index (Phi) is 5.68. The molecule has 0 bridgehead atoms. The molecule has 0 radical (unpaired) electrons. The van der Waals surface area contributed by atoms with Crippen molar-refractivity contribution in [2.45, 2.75) is 51.4 Å². The molecule has 2 aromatic carbocycles. The fraction of sp³-hybridized carbons (Fsp3) is 0.409. The highest BCUT2D eigenvalue weighted by Crippen LogP contribution is 2.41. The summed E-state index contributed by atoms with van der Waals surface area (Å²) < 4.78 is 5.40. The molecule has 6 heteroatoms. The second kappa shape index (κ2) is 8.00. The van der Waals surface area contributed by atoms with Crippen molar-refractivity contribution in [3.05, 3.63) is 63.2 Å². The number of nitro benzene ring substituents is 1. The number of rotatable bonds is 5. The average molecular weight is 382 g/mol. The highest BCUT2D eigenvalue weighted by molar-refractivity contribution is 5.99. The van der Waals surface area contributed by atoms with Gasteiger partial charge in [0.1, 0.15) is 5.75 Å². The van der Waals surface area contributed by atoms with E-state index < -0.39 is 10.3 Å². The van der Waals surface area contributed by atoms with Gasteiger partial charge in [-0.1, -0.05) is 31.4 Å². The van der Waals surface area contributed by atoms with Gasteiger partial charge in [0.15, 0.2) is 0 Å². The van der Waals surface area contributed by atoms with Crippen LogP contribution in [0.15, 0.2) is 36.4 Å². The van der Waals surface area contributed by atoms with Crippen LogP contribution in [0.4, 0.5) is 11.4 Å². The van der Waals surface area contributed by atoms with Gasteiger partial charge in [0.05, 0.1) is 17.4 Å². The van der Waals surface area contributed by atoms with Crippen LogP contribution in [0.3, 0.4) is 0 Å². The quantitative estimate of drug-likeness (QED) is 0.579. The Morgan fingerprint density at radius 3 is 2.14 bits per heavy atom. The largest absolute Gasteiger partial charge is 0.496 e. The van der Waals surface area contributed by atoms with Crippen LogP contribution in [-0.2, 0) is 10.2 Å². The van der Waals surface area contributed by atoms with Crippen molar-refractivity contribution in [2.75, 3.05) is 12.4 Å². The van der Waals surface area contributed by atoms with Crippen LogP contribution in [0.2, 0.25) is 0 Å². The molecule has 0 aromatic heterocycles. The Balaban J connectivity index is 1.93. The smallest absolute Gasteiger partial charge is 0.269 e. The molecule has 0 heterocycles. The SMILES string of the molecule is COc1c(C)cc(NC(=O)C2(c3ccc([N+](=O)[O-])cc3)CCCCC2)cc1C. The molecule has 3 rings (SSSR count). The number of nitro groups is 1. The highest BCUT2D eigenvalue weighted by atomic mass is 16.6. The van der Waals surface area contributed by atoms with Crippen LogP contribution in [0.5, 0.6) is 5.75 Å². The number of anilines is 1. The van der Waals surface area contributed by atoms with Crippen molar-refractivity contribution in [3.63, 3.8) is 0 Å². The molecular weight excluding hydrogens is 356 g/mol. The lowest BCUT2D eigenvalue weighted by Gasteiger charge is -2.36. The summed E-state index contributed by atoms with van der Waals surface area (Å²) in [6, 6.07) is 10.3. The van der Waals surface area contributed by atoms with E-state index in [1.165, 1.54) is 12.1 Å². The Morgan fingerprint density at radius 1 is 1.07 bits per heavy atom. The van der Waals surface area contributed by atoms with Crippen LogP contribution in [0, 0.1) is 24.0 Å². The van der Waals surface area contributed by atoms with Crippen LogP contribution < -0.4 is 10.1 Å². The molecule has 2 aromatic rings. The summed E-state index contributed by atoms with van der Waals surface area (Å²) in [5.74, 6) is 0.769. The summed E-state index contributed by atoms with van der Waals surface area (Å²) >= 11 is 0. The molecule has 0 unspecified atom stereocenters. The molecule has 28 heavy (non-hydrogen) atoms. The van der Waals surface area contributed by atoms with Gasteiger partial charge < -0.3 is 10.1 Å². The van der Waals surface area contributed by atoms with E-state index in [1.807, 2.05) is 26.0 Å². The van der Waals surface area contributed by atoms with E-state index in [0.717, 1.165) is 60.2 Å². The first-order valence-corrected chi connectivity index (χ1v) is 9.59. The number of nitrogens with zero attached hydrogens (tertiary/aromatic N) is 1. The first kappa shape index (κ1) is 19.9. The summed E-state index contributed by atoms with van der Waals surface area (Å²) in [5, 5.41) is 14.1. The molecule has 0 saturated heterocycles. The summed E-state index contributed by atoms with van der Waals surface area (Å²) in [6.45, 7) is 3.91. The van der Waals surface area contributed by atoms with Crippen LogP contribution in [0.25, 0.3) is 0 Å². The number of aryl methyl sites for hydroxylation is 2. The van der Waals surface area contributed by atoms with E-state index in [1.54, 1.807) is 19.2 Å². The van der Waals surface area contributed by atoms with Crippen LogP contribution in [0.1, 0.15) is 48.8 Å². The van der Waals surface area contributed by atoms with Gasteiger partial charge in [-0.2, -0.15) is 0 Å². The third kappa shape index (κ3) is 3.72. The predicted molar refractivity (Wildman–Crippen MR) is 109 cm³/mol. The summed E-state index contributed by atoms with van der Waals surface area (Å²) in [4.78, 5) is 24.0. The van der Waals surface area contributed by atoms with E-state index in [4.69, 9.17) is 4.74 Å². The number of methoxy groups -OCH3 is 1. The average Bonchev–Trinajstić information content (AvgIpc) is 2.68. The fourth-order valence-electron chi connectivity index (χ4n) is 4.30. The monoisotopic (exact) mass is 382 g/mol. The first-order valence-electron chi connectivity index (χ1n) is 9.59. The molecule has 0 aliphatic heterocycles. The van der Waals surface area contributed by atoms with Crippen molar-refractivity contribution in [2.24, 2.45) is 0 Å². The van der Waals surface area contributed by atoms with Crippen molar-refractivity contribution in [1.29, 1.82) is 0 Å². The van der Waals surface area contributed by atoms with Crippen LogP contribution >= 0.6 is 0 Å². The van der Waals surface area contributed by atoms with Gasteiger partial charge in [0.2, 0.25) is 5.91 Å². The number of benzene rings is 2. The molecule has 1 aliphatic rings. The molecule has 6 nitrogen and oxygen atoms in total. The predicted octanol–water partition coefficient (Wildman–Crippen LogP) is 5.06. The second-order valence-corrected chi connectivity index (χ2v) is 7.54. The van der Waals surface area contributed by atoms with E-state index in [9.17, 15) is 14.9 Å². The first-order chi connectivity index (χ1) is 13.4. The number of carbonyl (C=O) groups is 1. The number of hydrogen-bond acceptors (Lipinski definition) is 4. The van der Waals surface area contributed by atoms with Crippen molar-refractivity contribution < 1.29 is 14.5 Å². The van der Waals surface area contributed by atoms with E-state index >= 15 is 0 Å². The molecule has 1 fully saturated rings. The van der Waals surface area contributed by atoms with Gasteiger partial charge in [-0.25, -0.2) is 0 Å². The van der Waals surface area contributed by atoms with Crippen molar-refractivity contribution in [3.8, 4) is 5.75 Å². The van der Waals surface area contributed by atoms with Crippen LogP contribution in [-0.4, -0.2) is 17.9 Å². The highest BCUT2D eigenvalue weighted by Gasteiger charge is 2.41. The minimum absolute atomic E-state index is 0.0384. The van der Waals surface area contributed by atoms with Crippen molar-refractivity contribution >= 4 is 17.3 Å². The standard InChI is InChI=1S/C22H26N2O4/c1-15-13-18(14-16(2)20(15)28-3)23-21(25)22(11-5-4-6-12-22)17-7-9-19(10-8-17)24(26)27/h7-10,13-14H,4-6,11-12H2,1-3H3,(H,23,25). The maximum atomic E-state index is 13.4. The molecule has 0 spiro atoms. The Morgan fingerprint density at radius 2 is 1.64 bits per heavy atom. The molecule has 1 saturated carbocycles. The zero-order chi connectivity index (χ0) is 20.3. The minimum atomic E-state index is -0.658. The van der Waals surface area contributed by atoms with E-state index in [0.29, 0.717) is 0 Å². The second-order valence-electron chi connectivity index (χ2n) is 7.54. The Bertz CT molecular complexity index is 861. The molecule has 0 atom stereocenters. The molecule has 1 aliphatic carbocycles. The lowest BCUT2D eigenvalue weighted by molar-refractivity contribution is -0.384. The van der Waals surface area contributed by atoms with Gasteiger partial charge in [0.25, 0.3) is 5.69 Å². The number of nitrogens with one attached hydrogen (secondary N) is 1. The third-order valence-electron chi connectivity index (χ3n) is 5.69. The van der Waals surface area contributed by atoms with Gasteiger partial charge >= 0.3 is 0 Å². The Labute approximate surface area is 165 Å². The van der Waals surface area contributed by atoms with E-state index in [-0.39, 0.29) is 11.6 Å². The zero-order valence-electron chi connectivity index (χ0n) is 16.6. The van der Waals surface area contributed by atoms with Gasteiger partial charge in [-0.3, -0.25) is 14.9 Å². The summed E-state index contributed by atoms with van der Waals surface area (Å²) in [6.07, 6.45) is 4.51. The number of ether oxygens (including phenoxy) is 1. The lowest BCUT2D eigenvalue weighted by Crippen LogP contribution is -2.42. The third-order valence-corrected chi connectivity index (χ3v) is 5.69. The Hall–Kier alpha value is -2.89. The van der Waals surface area contributed by atoms with Gasteiger partial charge in [-0.15, -0.1) is 0 Å². The van der Waals surface area contributed by atoms with Gasteiger partial charge in [-0.05, 0) is 55.5 Å².